The predicted octanol–water partition coefficient (Wildman–Crippen LogP) is 3.65. The van der Waals surface area contributed by atoms with E-state index in [1.807, 2.05) is 6.07 Å². The molecule has 1 atom stereocenters. The fraction of sp³-hybridized carbons (Fsp3) is 0.148. The minimum absolute atomic E-state index is 0.0415. The monoisotopic (exact) mass is 485 g/mol. The Hall–Kier alpha value is -4.79. The number of carbonyl (C=O) groups excluding carboxylic acids is 5. The number of nitrogens with one attached hydrogen (secondary N) is 1. The number of imide groups is 1. The minimum atomic E-state index is -1.08. The third-order valence-corrected chi connectivity index (χ3v) is 5.67. The Morgan fingerprint density at radius 1 is 0.889 bits per heavy atom. The van der Waals surface area contributed by atoms with E-state index in [1.165, 1.54) is 36.9 Å². The molecular formula is C27H23N3O6. The van der Waals surface area contributed by atoms with Gasteiger partial charge in [0.15, 0.2) is 6.10 Å². The van der Waals surface area contributed by atoms with Crippen molar-refractivity contribution in [1.82, 2.24) is 0 Å². The van der Waals surface area contributed by atoms with Gasteiger partial charge in [0.2, 0.25) is 5.91 Å². The fourth-order valence-electron chi connectivity index (χ4n) is 3.83. The van der Waals surface area contributed by atoms with Crippen molar-refractivity contribution >= 4 is 46.7 Å². The van der Waals surface area contributed by atoms with Crippen LogP contribution in [0.15, 0.2) is 72.8 Å². The SMILES string of the molecule is CC(=O)Nc1ccc(N2C(=O)c3ccc(C(=O)OC(C)C(=O)N(C)c4ccccc4)cc3C2=O)cc1. The van der Waals surface area contributed by atoms with Crippen LogP contribution < -0.4 is 15.1 Å². The summed E-state index contributed by atoms with van der Waals surface area (Å²) in [7, 11) is 1.58. The lowest BCUT2D eigenvalue weighted by Crippen LogP contribution is -2.37. The summed E-state index contributed by atoms with van der Waals surface area (Å²) in [6.45, 7) is 2.84. The van der Waals surface area contributed by atoms with Crippen LogP contribution in [-0.4, -0.2) is 42.7 Å². The Labute approximate surface area is 207 Å². The highest BCUT2D eigenvalue weighted by Crippen LogP contribution is 2.30. The van der Waals surface area contributed by atoms with Crippen LogP contribution in [0.3, 0.4) is 0 Å². The van der Waals surface area contributed by atoms with E-state index in [1.54, 1.807) is 55.6 Å². The molecule has 4 rings (SSSR count). The van der Waals surface area contributed by atoms with Crippen molar-refractivity contribution in [3.05, 3.63) is 89.5 Å². The first-order valence-corrected chi connectivity index (χ1v) is 11.1. The lowest BCUT2D eigenvalue weighted by atomic mass is 10.1. The second-order valence-electron chi connectivity index (χ2n) is 8.21. The van der Waals surface area contributed by atoms with Crippen molar-refractivity contribution < 1.29 is 28.7 Å². The molecule has 4 amide bonds. The van der Waals surface area contributed by atoms with Crippen molar-refractivity contribution in [3.8, 4) is 0 Å². The van der Waals surface area contributed by atoms with Gasteiger partial charge in [0, 0.05) is 25.3 Å². The normalized spacial score (nSPS) is 13.1. The standard InChI is InChI=1S/C27H23N3O6/c1-16(24(32)29(3)20-7-5-4-6-8-20)36-27(35)18-9-14-22-23(15-18)26(34)30(25(22)33)21-12-10-19(11-13-21)28-17(2)31/h4-16H,1-3H3,(H,28,31). The van der Waals surface area contributed by atoms with Crippen molar-refractivity contribution in [3.63, 3.8) is 0 Å². The third-order valence-electron chi connectivity index (χ3n) is 5.67. The molecule has 3 aromatic carbocycles. The molecule has 3 aromatic rings. The number of benzene rings is 3. The predicted molar refractivity (Wildman–Crippen MR) is 133 cm³/mol. The average molecular weight is 485 g/mol. The van der Waals surface area contributed by atoms with Crippen LogP contribution in [0.25, 0.3) is 0 Å². The summed E-state index contributed by atoms with van der Waals surface area (Å²) in [5.74, 6) is -2.58. The number of rotatable bonds is 6. The van der Waals surface area contributed by atoms with Gasteiger partial charge in [-0.25, -0.2) is 9.69 Å². The van der Waals surface area contributed by atoms with Gasteiger partial charge in [-0.05, 0) is 61.5 Å². The van der Waals surface area contributed by atoms with Crippen LogP contribution in [0.1, 0.15) is 44.9 Å². The van der Waals surface area contributed by atoms with Gasteiger partial charge in [-0.15, -0.1) is 0 Å². The molecule has 1 unspecified atom stereocenters. The number of anilines is 3. The van der Waals surface area contributed by atoms with Crippen molar-refractivity contribution in [2.75, 3.05) is 22.2 Å². The van der Waals surface area contributed by atoms with Crippen LogP contribution in [-0.2, 0) is 14.3 Å². The van der Waals surface area contributed by atoms with Gasteiger partial charge in [-0.2, -0.15) is 0 Å². The molecule has 0 aromatic heterocycles. The summed E-state index contributed by atoms with van der Waals surface area (Å²) in [6, 6.07) is 19.2. The first-order valence-electron chi connectivity index (χ1n) is 11.1. The fourth-order valence-corrected chi connectivity index (χ4v) is 3.83. The number of ether oxygens (including phenoxy) is 1. The summed E-state index contributed by atoms with van der Waals surface area (Å²) in [5.41, 5.74) is 1.74. The van der Waals surface area contributed by atoms with E-state index in [4.69, 9.17) is 4.74 Å². The smallest absolute Gasteiger partial charge is 0.338 e. The topological polar surface area (TPSA) is 113 Å². The molecule has 36 heavy (non-hydrogen) atoms. The van der Waals surface area contributed by atoms with Crippen molar-refractivity contribution in [1.29, 1.82) is 0 Å². The first-order chi connectivity index (χ1) is 17.2. The lowest BCUT2D eigenvalue weighted by Gasteiger charge is -2.21. The number of fused-ring (bicyclic) bond motifs is 1. The quantitative estimate of drug-likeness (QED) is 0.421. The Balaban J connectivity index is 1.49. The summed E-state index contributed by atoms with van der Waals surface area (Å²) < 4.78 is 5.34. The Kier molecular flexibility index (Phi) is 6.64. The zero-order chi connectivity index (χ0) is 26.0. The average Bonchev–Trinajstić information content (AvgIpc) is 3.13. The summed E-state index contributed by atoms with van der Waals surface area (Å²) in [4.78, 5) is 65.0. The van der Waals surface area contributed by atoms with Crippen LogP contribution in [0.5, 0.6) is 0 Å². The number of hydrogen-bond donors (Lipinski definition) is 1. The number of amides is 4. The molecule has 0 radical (unpaired) electrons. The van der Waals surface area contributed by atoms with E-state index in [2.05, 4.69) is 5.32 Å². The molecule has 182 valence electrons. The lowest BCUT2D eigenvalue weighted by molar-refractivity contribution is -0.126. The highest BCUT2D eigenvalue weighted by molar-refractivity contribution is 6.34. The number of nitrogens with zero attached hydrogens (tertiary/aromatic N) is 2. The maximum absolute atomic E-state index is 13.0. The Bertz CT molecular complexity index is 1370. The van der Waals surface area contributed by atoms with E-state index in [9.17, 15) is 24.0 Å². The van der Waals surface area contributed by atoms with Crippen molar-refractivity contribution in [2.24, 2.45) is 0 Å². The summed E-state index contributed by atoms with van der Waals surface area (Å²) in [6.07, 6.45) is -1.08. The highest BCUT2D eigenvalue weighted by atomic mass is 16.5. The zero-order valence-corrected chi connectivity index (χ0v) is 19.8. The first kappa shape index (κ1) is 24.3. The largest absolute Gasteiger partial charge is 0.449 e. The van der Waals surface area contributed by atoms with Gasteiger partial charge in [0.1, 0.15) is 0 Å². The maximum atomic E-state index is 13.0. The Morgan fingerprint density at radius 3 is 2.17 bits per heavy atom. The second-order valence-corrected chi connectivity index (χ2v) is 8.21. The van der Waals surface area contributed by atoms with Crippen LogP contribution >= 0.6 is 0 Å². The molecule has 0 saturated carbocycles. The maximum Gasteiger partial charge on any atom is 0.338 e. The summed E-state index contributed by atoms with van der Waals surface area (Å²) in [5, 5.41) is 2.62. The van der Waals surface area contributed by atoms with E-state index in [-0.39, 0.29) is 22.6 Å². The van der Waals surface area contributed by atoms with Crippen LogP contribution in [0, 0.1) is 0 Å². The van der Waals surface area contributed by atoms with Crippen LogP contribution in [0.2, 0.25) is 0 Å². The number of hydrogen-bond acceptors (Lipinski definition) is 6. The second kappa shape index (κ2) is 9.83. The number of esters is 1. The minimum Gasteiger partial charge on any atom is -0.449 e. The van der Waals surface area contributed by atoms with E-state index in [0.717, 1.165) is 4.90 Å². The van der Waals surface area contributed by atoms with Gasteiger partial charge in [0.05, 0.1) is 22.4 Å². The number of carbonyl (C=O) groups is 5. The number of likely N-dealkylation sites (N-methyl/N-ethyl adjacent to an activating group) is 1. The highest BCUT2D eigenvalue weighted by Gasteiger charge is 2.37. The van der Waals surface area contributed by atoms with Gasteiger partial charge in [-0.3, -0.25) is 19.2 Å². The molecule has 9 nitrogen and oxygen atoms in total. The van der Waals surface area contributed by atoms with E-state index in [0.29, 0.717) is 17.1 Å². The van der Waals surface area contributed by atoms with Crippen molar-refractivity contribution in [2.45, 2.75) is 20.0 Å². The number of para-hydroxylation sites is 1. The van der Waals surface area contributed by atoms with E-state index < -0.39 is 29.8 Å². The molecule has 0 saturated heterocycles. The van der Waals surface area contributed by atoms with Gasteiger partial charge in [0.25, 0.3) is 17.7 Å². The molecule has 1 N–H and O–H groups in total. The summed E-state index contributed by atoms with van der Waals surface area (Å²) >= 11 is 0. The molecular weight excluding hydrogens is 462 g/mol. The molecule has 0 aliphatic carbocycles. The molecule has 0 fully saturated rings. The van der Waals surface area contributed by atoms with Crippen LogP contribution in [0.4, 0.5) is 17.1 Å². The molecule has 9 heteroatoms. The third kappa shape index (κ3) is 4.72. The Morgan fingerprint density at radius 2 is 1.53 bits per heavy atom. The zero-order valence-electron chi connectivity index (χ0n) is 19.8. The van der Waals surface area contributed by atoms with Gasteiger partial charge in [-0.1, -0.05) is 18.2 Å². The molecule has 0 spiro atoms. The van der Waals surface area contributed by atoms with Gasteiger partial charge >= 0.3 is 5.97 Å². The molecule has 0 bridgehead atoms. The molecule has 1 heterocycles. The van der Waals surface area contributed by atoms with Gasteiger partial charge < -0.3 is 15.0 Å². The molecule has 1 aliphatic heterocycles. The molecule has 1 aliphatic rings. The van der Waals surface area contributed by atoms with E-state index >= 15 is 0 Å².